The molecular formula is C24H30F2N4O4. The van der Waals surface area contributed by atoms with Crippen molar-refractivity contribution in [1.82, 2.24) is 15.2 Å². The van der Waals surface area contributed by atoms with Crippen LogP contribution >= 0.6 is 0 Å². The number of nitrogens with one attached hydrogen (secondary N) is 2. The molecular weight excluding hydrogens is 446 g/mol. The van der Waals surface area contributed by atoms with E-state index in [1.54, 1.807) is 17.2 Å². The summed E-state index contributed by atoms with van der Waals surface area (Å²) in [7, 11) is 1.29. The second-order valence-corrected chi connectivity index (χ2v) is 8.18. The van der Waals surface area contributed by atoms with Crippen molar-refractivity contribution >= 4 is 17.5 Å². The van der Waals surface area contributed by atoms with E-state index in [4.69, 9.17) is 4.74 Å². The van der Waals surface area contributed by atoms with Crippen molar-refractivity contribution in [3.05, 3.63) is 53.4 Å². The summed E-state index contributed by atoms with van der Waals surface area (Å²) in [6.07, 6.45) is 2.94. The molecule has 0 spiro atoms. The first kappa shape index (κ1) is 25.5. The lowest BCUT2D eigenvalue weighted by Gasteiger charge is -2.27. The van der Waals surface area contributed by atoms with E-state index in [9.17, 15) is 18.4 Å². The topological polar surface area (TPSA) is 92.8 Å². The Kier molecular flexibility index (Phi) is 8.89. The Bertz CT molecular complexity index is 1010. The maximum atomic E-state index is 12.5. The summed E-state index contributed by atoms with van der Waals surface area (Å²) < 4.78 is 34.9. The summed E-state index contributed by atoms with van der Waals surface area (Å²) in [6.45, 7) is 6.75. The molecule has 2 amide bonds. The lowest BCUT2D eigenvalue weighted by atomic mass is 10.1. The van der Waals surface area contributed by atoms with Gasteiger partial charge in [-0.2, -0.15) is 4.39 Å². The molecule has 2 aliphatic heterocycles. The van der Waals surface area contributed by atoms with Crippen LogP contribution in [-0.4, -0.2) is 67.2 Å². The van der Waals surface area contributed by atoms with Gasteiger partial charge in [-0.05, 0) is 50.5 Å². The number of carbonyl (C=O) groups is 2. The van der Waals surface area contributed by atoms with Gasteiger partial charge in [0.1, 0.15) is 11.8 Å². The summed E-state index contributed by atoms with van der Waals surface area (Å²) in [4.78, 5) is 30.9. The van der Waals surface area contributed by atoms with Crippen LogP contribution in [0.1, 0.15) is 35.8 Å². The van der Waals surface area contributed by atoms with E-state index >= 15 is 0 Å². The van der Waals surface area contributed by atoms with Crippen molar-refractivity contribution in [2.45, 2.75) is 38.9 Å². The predicted molar refractivity (Wildman–Crippen MR) is 123 cm³/mol. The van der Waals surface area contributed by atoms with Crippen LogP contribution < -0.4 is 15.4 Å². The standard InChI is InChI=1S/C17H24N4O3.C7H6F2O/c1-11-10-19-14(17(23)21-7-5-18-6-8-21)9-13(11)20-16(22)15-4-3-12(2)24-15;1-10-6-4-2-3-5(8)7(6)9/h9-10,12,15,18H,3-8H2,1-2H3,(H,19,20,22);2-4H,1H3. The van der Waals surface area contributed by atoms with Crippen molar-refractivity contribution in [2.24, 2.45) is 0 Å². The Morgan fingerprint density at radius 3 is 2.59 bits per heavy atom. The summed E-state index contributed by atoms with van der Waals surface area (Å²) in [5.41, 5.74) is 1.81. The van der Waals surface area contributed by atoms with Gasteiger partial charge in [0.05, 0.1) is 13.2 Å². The highest BCUT2D eigenvalue weighted by Gasteiger charge is 2.28. The van der Waals surface area contributed by atoms with Crippen LogP contribution in [0.15, 0.2) is 30.5 Å². The van der Waals surface area contributed by atoms with Gasteiger partial charge in [0.15, 0.2) is 11.6 Å². The average Bonchev–Trinajstić information content (AvgIpc) is 3.29. The van der Waals surface area contributed by atoms with Gasteiger partial charge < -0.3 is 25.0 Å². The molecule has 3 heterocycles. The number of pyridine rings is 1. The second-order valence-electron chi connectivity index (χ2n) is 8.18. The van der Waals surface area contributed by atoms with E-state index in [1.807, 2.05) is 13.8 Å². The Balaban J connectivity index is 0.000000271. The number of piperazine rings is 1. The number of amides is 2. The number of rotatable bonds is 4. The molecule has 1 aromatic carbocycles. The smallest absolute Gasteiger partial charge is 0.272 e. The van der Waals surface area contributed by atoms with Gasteiger partial charge in [0.25, 0.3) is 11.8 Å². The third-order valence-corrected chi connectivity index (χ3v) is 5.64. The quantitative estimate of drug-likeness (QED) is 0.705. The maximum absolute atomic E-state index is 12.5. The Hall–Kier alpha value is -3.11. The van der Waals surface area contributed by atoms with Gasteiger partial charge >= 0.3 is 0 Å². The van der Waals surface area contributed by atoms with E-state index in [2.05, 4.69) is 20.4 Å². The SMILES string of the molecule is COc1cccc(F)c1F.Cc1cnc(C(=O)N2CCNCC2)cc1NC(=O)C1CCC(C)O1. The minimum atomic E-state index is -0.940. The number of anilines is 1. The molecule has 0 aliphatic carbocycles. The van der Waals surface area contributed by atoms with Crippen LogP contribution in [0.25, 0.3) is 0 Å². The Morgan fingerprint density at radius 2 is 1.97 bits per heavy atom. The van der Waals surface area contributed by atoms with Crippen LogP contribution in [-0.2, 0) is 9.53 Å². The van der Waals surface area contributed by atoms with Crippen molar-refractivity contribution < 1.29 is 27.8 Å². The summed E-state index contributed by atoms with van der Waals surface area (Å²) in [5.74, 6) is -2.16. The molecule has 2 fully saturated rings. The molecule has 34 heavy (non-hydrogen) atoms. The van der Waals surface area contributed by atoms with Crippen LogP contribution in [0.5, 0.6) is 5.75 Å². The normalized spacial score (nSPS) is 19.7. The van der Waals surface area contributed by atoms with Crippen LogP contribution in [0.2, 0.25) is 0 Å². The van der Waals surface area contributed by atoms with Gasteiger partial charge in [0.2, 0.25) is 5.82 Å². The molecule has 0 saturated carbocycles. The van der Waals surface area contributed by atoms with E-state index in [0.717, 1.165) is 37.6 Å². The highest BCUT2D eigenvalue weighted by Crippen LogP contribution is 2.22. The molecule has 8 nitrogen and oxygen atoms in total. The van der Waals surface area contributed by atoms with Gasteiger partial charge in [-0.25, -0.2) is 4.39 Å². The van der Waals surface area contributed by atoms with Gasteiger partial charge in [0, 0.05) is 38.1 Å². The number of aryl methyl sites for hydroxylation is 1. The molecule has 2 unspecified atom stereocenters. The number of hydrogen-bond donors (Lipinski definition) is 2. The lowest BCUT2D eigenvalue weighted by molar-refractivity contribution is -0.126. The minimum absolute atomic E-state index is 0.0694. The predicted octanol–water partition coefficient (Wildman–Crippen LogP) is 2.91. The molecule has 184 valence electrons. The highest BCUT2D eigenvalue weighted by molar-refractivity contribution is 5.97. The average molecular weight is 477 g/mol. The molecule has 2 N–H and O–H groups in total. The molecule has 2 aromatic rings. The molecule has 2 atom stereocenters. The van der Waals surface area contributed by atoms with E-state index in [0.29, 0.717) is 24.5 Å². The van der Waals surface area contributed by atoms with Crippen LogP contribution in [0.3, 0.4) is 0 Å². The highest BCUT2D eigenvalue weighted by atomic mass is 19.2. The Labute approximate surface area is 197 Å². The molecule has 1 aromatic heterocycles. The summed E-state index contributed by atoms with van der Waals surface area (Å²) >= 11 is 0. The molecule has 2 saturated heterocycles. The first-order valence-electron chi connectivity index (χ1n) is 11.2. The van der Waals surface area contributed by atoms with E-state index in [-0.39, 0.29) is 23.7 Å². The molecule has 0 bridgehead atoms. The number of nitrogens with zero attached hydrogens (tertiary/aromatic N) is 2. The fraction of sp³-hybridized carbons (Fsp3) is 0.458. The second kappa shape index (κ2) is 11.8. The van der Waals surface area contributed by atoms with Crippen molar-refractivity contribution in [1.29, 1.82) is 0 Å². The summed E-state index contributed by atoms with van der Waals surface area (Å²) in [5, 5.41) is 6.10. The van der Waals surface area contributed by atoms with Crippen LogP contribution in [0, 0.1) is 18.6 Å². The monoisotopic (exact) mass is 476 g/mol. The number of halogens is 2. The fourth-order valence-electron chi connectivity index (χ4n) is 3.66. The van der Waals surface area contributed by atoms with Gasteiger partial charge in [-0.3, -0.25) is 14.6 Å². The zero-order valence-corrected chi connectivity index (χ0v) is 19.6. The maximum Gasteiger partial charge on any atom is 0.272 e. The lowest BCUT2D eigenvalue weighted by Crippen LogP contribution is -2.46. The Morgan fingerprint density at radius 1 is 1.24 bits per heavy atom. The fourth-order valence-corrected chi connectivity index (χ4v) is 3.66. The molecule has 10 heteroatoms. The largest absolute Gasteiger partial charge is 0.494 e. The third kappa shape index (κ3) is 6.48. The van der Waals surface area contributed by atoms with E-state index in [1.165, 1.54) is 19.2 Å². The zero-order chi connectivity index (χ0) is 24.7. The minimum Gasteiger partial charge on any atom is -0.494 e. The first-order chi connectivity index (χ1) is 16.3. The number of benzene rings is 1. The first-order valence-corrected chi connectivity index (χ1v) is 11.2. The number of aromatic nitrogens is 1. The molecule has 0 radical (unpaired) electrons. The third-order valence-electron chi connectivity index (χ3n) is 5.64. The summed E-state index contributed by atoms with van der Waals surface area (Å²) in [6, 6.07) is 5.45. The number of carbonyl (C=O) groups excluding carboxylic acids is 2. The number of ether oxygens (including phenoxy) is 2. The van der Waals surface area contributed by atoms with Crippen molar-refractivity contribution in [3.63, 3.8) is 0 Å². The number of hydrogen-bond acceptors (Lipinski definition) is 6. The van der Waals surface area contributed by atoms with E-state index < -0.39 is 17.7 Å². The van der Waals surface area contributed by atoms with Gasteiger partial charge in [-0.15, -0.1) is 0 Å². The van der Waals surface area contributed by atoms with Gasteiger partial charge in [-0.1, -0.05) is 6.07 Å². The molecule has 4 rings (SSSR count). The zero-order valence-electron chi connectivity index (χ0n) is 19.6. The van der Waals surface area contributed by atoms with Crippen molar-refractivity contribution in [2.75, 3.05) is 38.6 Å². The number of methoxy groups -OCH3 is 1. The molecule has 2 aliphatic rings. The van der Waals surface area contributed by atoms with Crippen molar-refractivity contribution in [3.8, 4) is 5.75 Å². The van der Waals surface area contributed by atoms with Crippen LogP contribution in [0.4, 0.5) is 14.5 Å².